The van der Waals surface area contributed by atoms with Crippen LogP contribution in [0, 0.1) is 12.3 Å². The predicted molar refractivity (Wildman–Crippen MR) is 152 cm³/mol. The van der Waals surface area contributed by atoms with E-state index in [1.165, 1.54) is 6.07 Å². The molecule has 2 atom stereocenters. The van der Waals surface area contributed by atoms with Crippen LogP contribution >= 0.6 is 0 Å². The third-order valence-electron chi connectivity index (χ3n) is 8.40. The average Bonchev–Trinajstić information content (AvgIpc) is 2.88. The van der Waals surface area contributed by atoms with Crippen molar-refractivity contribution in [2.24, 2.45) is 10.6 Å². The van der Waals surface area contributed by atoms with Crippen molar-refractivity contribution in [2.45, 2.75) is 63.5 Å². The maximum absolute atomic E-state index is 13.9. The van der Waals surface area contributed by atoms with E-state index in [0.29, 0.717) is 31.6 Å². The van der Waals surface area contributed by atoms with Gasteiger partial charge in [0.25, 0.3) is 5.56 Å². The monoisotopic (exact) mass is 554 g/mol. The van der Waals surface area contributed by atoms with E-state index in [-0.39, 0.29) is 27.9 Å². The minimum atomic E-state index is -3.77. The van der Waals surface area contributed by atoms with Gasteiger partial charge in [0.1, 0.15) is 5.82 Å². The van der Waals surface area contributed by atoms with Gasteiger partial charge in [-0.15, -0.1) is 0 Å². The quantitative estimate of drug-likeness (QED) is 0.454. The lowest BCUT2D eigenvalue weighted by Gasteiger charge is -2.44. The molecule has 1 aliphatic carbocycles. The fraction of sp³-hybridized carbons (Fsp3) is 0.517. The van der Waals surface area contributed by atoms with Gasteiger partial charge in [0.05, 0.1) is 35.1 Å². The van der Waals surface area contributed by atoms with Gasteiger partial charge in [0, 0.05) is 38.3 Å². The minimum absolute atomic E-state index is 0.00854. The first-order valence-electron chi connectivity index (χ1n) is 13.5. The summed E-state index contributed by atoms with van der Waals surface area (Å²) in [6.45, 7) is 9.46. The molecule has 2 aromatic carbocycles. The molecule has 1 aliphatic heterocycles. The number of morpholine rings is 1. The van der Waals surface area contributed by atoms with Crippen LogP contribution in [0.25, 0.3) is 10.9 Å². The maximum Gasteiger partial charge on any atom is 0.261 e. The van der Waals surface area contributed by atoms with E-state index >= 15 is 0 Å². The zero-order chi connectivity index (χ0) is 27.9. The molecule has 10 heteroatoms. The Balaban J connectivity index is 1.50. The first-order valence-corrected chi connectivity index (χ1v) is 15.0. The van der Waals surface area contributed by atoms with E-state index < -0.39 is 10.0 Å². The molecule has 2 N–H and O–H groups in total. The van der Waals surface area contributed by atoms with E-state index in [0.717, 1.165) is 54.1 Å². The van der Waals surface area contributed by atoms with Crippen LogP contribution in [-0.4, -0.2) is 57.5 Å². The lowest BCUT2D eigenvalue weighted by atomic mass is 9.62. The van der Waals surface area contributed by atoms with Crippen molar-refractivity contribution < 1.29 is 17.9 Å². The summed E-state index contributed by atoms with van der Waals surface area (Å²) in [7, 11) is -2.09. The summed E-state index contributed by atoms with van der Waals surface area (Å²) in [6, 6.07) is 10.8. The topological polar surface area (TPSA) is 117 Å². The lowest BCUT2D eigenvalue weighted by molar-refractivity contribution is -0.0100. The van der Waals surface area contributed by atoms with Gasteiger partial charge in [-0.25, -0.2) is 18.5 Å². The van der Waals surface area contributed by atoms with Crippen LogP contribution in [0.3, 0.4) is 0 Å². The number of nitrogens with zero attached hydrogens (tertiary/aromatic N) is 3. The molecule has 1 saturated heterocycles. The molecule has 0 amide bonds. The number of nitrogens with two attached hydrogens (primary N) is 1. The van der Waals surface area contributed by atoms with Gasteiger partial charge in [-0.2, -0.15) is 0 Å². The van der Waals surface area contributed by atoms with Gasteiger partial charge in [-0.3, -0.25) is 9.36 Å². The average molecular weight is 555 g/mol. The fourth-order valence-corrected chi connectivity index (χ4v) is 6.45. The zero-order valence-electron chi connectivity index (χ0n) is 23.1. The molecule has 0 spiro atoms. The number of methoxy groups -OCH3 is 1. The van der Waals surface area contributed by atoms with Crippen LogP contribution in [0.15, 0.2) is 46.1 Å². The van der Waals surface area contributed by atoms with Crippen molar-refractivity contribution >= 4 is 26.6 Å². The fourth-order valence-electron chi connectivity index (χ4n) is 5.85. The van der Waals surface area contributed by atoms with Crippen LogP contribution in [0.4, 0.5) is 5.69 Å². The van der Waals surface area contributed by atoms with Crippen molar-refractivity contribution in [3.63, 3.8) is 0 Å². The van der Waals surface area contributed by atoms with Gasteiger partial charge in [0.15, 0.2) is 0 Å². The molecule has 2 aliphatic rings. The number of aryl methyl sites for hydroxylation is 2. The van der Waals surface area contributed by atoms with Crippen LogP contribution in [0.5, 0.6) is 0 Å². The molecule has 1 aromatic heterocycles. The van der Waals surface area contributed by atoms with E-state index in [1.807, 2.05) is 29.7 Å². The first kappa shape index (κ1) is 27.8. The van der Waals surface area contributed by atoms with E-state index in [9.17, 15) is 13.2 Å². The summed E-state index contributed by atoms with van der Waals surface area (Å²) in [5.41, 5.74) is 3.58. The normalized spacial score (nSPS) is 21.2. The number of primary sulfonamides is 1. The van der Waals surface area contributed by atoms with Gasteiger partial charge in [0.2, 0.25) is 10.0 Å². The second kappa shape index (κ2) is 10.6. The number of ether oxygens (including phenoxy) is 2. The number of aromatic nitrogens is 2. The van der Waals surface area contributed by atoms with E-state index in [1.54, 1.807) is 19.2 Å². The molecule has 9 nitrogen and oxygen atoms in total. The maximum atomic E-state index is 13.9. The Morgan fingerprint density at radius 3 is 2.64 bits per heavy atom. The minimum Gasteiger partial charge on any atom is -0.382 e. The summed E-state index contributed by atoms with van der Waals surface area (Å²) in [5.74, 6) is 1.03. The SMILES string of the molecule is COC[C@H]1CN(c2ccc3c(=O)n(CCc4ccc(S(N)(=O)=O)cc4C)c(C4CCC4(C)C)nc3c2)CCO1. The van der Waals surface area contributed by atoms with E-state index in [2.05, 4.69) is 18.7 Å². The van der Waals surface area contributed by atoms with Gasteiger partial charge < -0.3 is 14.4 Å². The largest absolute Gasteiger partial charge is 0.382 e. The molecular weight excluding hydrogens is 516 g/mol. The van der Waals surface area contributed by atoms with Crippen molar-refractivity contribution in [1.82, 2.24) is 9.55 Å². The Bertz CT molecular complexity index is 1550. The molecular formula is C29H38N4O5S. The Morgan fingerprint density at radius 2 is 2.00 bits per heavy atom. The van der Waals surface area contributed by atoms with E-state index in [4.69, 9.17) is 19.6 Å². The first-order chi connectivity index (χ1) is 18.5. The van der Waals surface area contributed by atoms with Crippen LogP contribution in [-0.2, 0) is 32.5 Å². The van der Waals surface area contributed by atoms with Crippen LogP contribution in [0.2, 0.25) is 0 Å². The molecule has 1 saturated carbocycles. The summed E-state index contributed by atoms with van der Waals surface area (Å²) < 4.78 is 36.4. The Morgan fingerprint density at radius 1 is 1.21 bits per heavy atom. The summed E-state index contributed by atoms with van der Waals surface area (Å²) >= 11 is 0. The lowest BCUT2D eigenvalue weighted by Crippen LogP contribution is -2.44. The molecule has 39 heavy (non-hydrogen) atoms. The standard InChI is InChI=1S/C29H38N4O5S/c1-19-15-23(39(30,35)36)7-5-20(19)10-12-33-27(25-9-11-29(25,2)3)31-26-16-21(6-8-24(26)28(33)34)32-13-14-38-22(17-32)18-37-4/h5-8,15-16,22,25H,9-14,17-18H2,1-4H3,(H2,30,35,36)/t22-,25?/m1/s1. The van der Waals surface area contributed by atoms with Crippen molar-refractivity contribution in [2.75, 3.05) is 38.3 Å². The number of anilines is 1. The molecule has 2 fully saturated rings. The predicted octanol–water partition coefficient (Wildman–Crippen LogP) is 3.35. The number of fused-ring (bicyclic) bond motifs is 1. The third-order valence-corrected chi connectivity index (χ3v) is 9.32. The highest BCUT2D eigenvalue weighted by Crippen LogP contribution is 2.51. The highest BCUT2D eigenvalue weighted by molar-refractivity contribution is 7.89. The highest BCUT2D eigenvalue weighted by atomic mass is 32.2. The number of hydrogen-bond donors (Lipinski definition) is 1. The van der Waals surface area contributed by atoms with Gasteiger partial charge in [-0.1, -0.05) is 19.9 Å². The summed E-state index contributed by atoms with van der Waals surface area (Å²) in [6.07, 6.45) is 2.68. The molecule has 2 heterocycles. The zero-order valence-corrected chi connectivity index (χ0v) is 24.0. The molecule has 0 radical (unpaired) electrons. The second-order valence-corrected chi connectivity index (χ2v) is 13.0. The molecule has 5 rings (SSSR count). The molecule has 1 unspecified atom stereocenters. The van der Waals surface area contributed by atoms with Crippen LogP contribution in [0.1, 0.15) is 49.6 Å². The summed E-state index contributed by atoms with van der Waals surface area (Å²) in [5, 5.41) is 5.90. The van der Waals surface area contributed by atoms with Crippen molar-refractivity contribution in [3.8, 4) is 0 Å². The van der Waals surface area contributed by atoms with Crippen molar-refractivity contribution in [1.29, 1.82) is 0 Å². The third kappa shape index (κ3) is 5.61. The number of benzene rings is 2. The molecule has 3 aromatic rings. The van der Waals surface area contributed by atoms with Gasteiger partial charge >= 0.3 is 0 Å². The number of hydrogen-bond acceptors (Lipinski definition) is 7. The second-order valence-electron chi connectivity index (χ2n) is 11.5. The number of sulfonamides is 1. The van der Waals surface area contributed by atoms with Gasteiger partial charge in [-0.05, 0) is 73.1 Å². The van der Waals surface area contributed by atoms with Crippen LogP contribution < -0.4 is 15.6 Å². The Labute approximate surface area is 230 Å². The summed E-state index contributed by atoms with van der Waals surface area (Å²) in [4.78, 5) is 21.4. The smallest absolute Gasteiger partial charge is 0.261 e. The number of rotatable bonds is 8. The Hall–Kier alpha value is -2.79. The van der Waals surface area contributed by atoms with Crippen molar-refractivity contribution in [3.05, 3.63) is 63.7 Å². The Kier molecular flexibility index (Phi) is 7.58. The highest BCUT2D eigenvalue weighted by Gasteiger charge is 2.42. The molecule has 0 bridgehead atoms. The molecule has 210 valence electrons.